The molecule has 1 aromatic carbocycles. The van der Waals surface area contributed by atoms with Gasteiger partial charge in [-0.25, -0.2) is 9.37 Å². The highest BCUT2D eigenvalue weighted by molar-refractivity contribution is 5.37. The fourth-order valence-corrected chi connectivity index (χ4v) is 1.65. The van der Waals surface area contributed by atoms with Crippen LogP contribution in [-0.2, 0) is 0 Å². The van der Waals surface area contributed by atoms with Gasteiger partial charge in [0.15, 0.2) is 0 Å². The van der Waals surface area contributed by atoms with Gasteiger partial charge in [0.2, 0.25) is 0 Å². The van der Waals surface area contributed by atoms with Crippen molar-refractivity contribution in [2.45, 2.75) is 6.10 Å². The van der Waals surface area contributed by atoms with Crippen LogP contribution in [0.1, 0.15) is 11.7 Å². The molecule has 4 nitrogen and oxygen atoms in total. The molecule has 0 saturated carbocycles. The summed E-state index contributed by atoms with van der Waals surface area (Å²) in [7, 11) is 1.74. The Morgan fingerprint density at radius 2 is 2.35 bits per heavy atom. The molecule has 0 bridgehead atoms. The molecule has 0 fully saturated rings. The monoisotopic (exact) mass is 235 g/mol. The van der Waals surface area contributed by atoms with Crippen molar-refractivity contribution in [3.8, 4) is 5.69 Å². The largest absolute Gasteiger partial charge is 0.387 e. The number of hydrogen-bond donors (Lipinski definition) is 2. The maximum absolute atomic E-state index is 13.8. The average Bonchev–Trinajstić information content (AvgIpc) is 2.82. The predicted molar refractivity (Wildman–Crippen MR) is 62.4 cm³/mol. The first-order chi connectivity index (χ1) is 8.22. The van der Waals surface area contributed by atoms with E-state index in [2.05, 4.69) is 10.3 Å². The van der Waals surface area contributed by atoms with Crippen molar-refractivity contribution in [3.63, 3.8) is 0 Å². The lowest BCUT2D eigenvalue weighted by atomic mass is 10.1. The molecule has 0 aliphatic carbocycles. The van der Waals surface area contributed by atoms with E-state index in [0.717, 1.165) is 0 Å². The molecule has 1 atom stereocenters. The molecule has 0 spiro atoms. The first-order valence-corrected chi connectivity index (χ1v) is 5.33. The molecule has 2 rings (SSSR count). The number of aromatic nitrogens is 2. The van der Waals surface area contributed by atoms with Crippen molar-refractivity contribution in [3.05, 3.63) is 48.3 Å². The van der Waals surface area contributed by atoms with E-state index in [0.29, 0.717) is 17.8 Å². The van der Waals surface area contributed by atoms with Crippen LogP contribution in [0.2, 0.25) is 0 Å². The Morgan fingerprint density at radius 3 is 2.94 bits per heavy atom. The second-order valence-electron chi connectivity index (χ2n) is 3.75. The third kappa shape index (κ3) is 2.51. The Hall–Kier alpha value is -1.72. The molecule has 1 heterocycles. The summed E-state index contributed by atoms with van der Waals surface area (Å²) in [4.78, 5) is 3.86. The molecule has 2 N–H and O–H groups in total. The van der Waals surface area contributed by atoms with Crippen molar-refractivity contribution in [2.75, 3.05) is 13.6 Å². The van der Waals surface area contributed by atoms with Gasteiger partial charge in [0.1, 0.15) is 5.82 Å². The van der Waals surface area contributed by atoms with Crippen LogP contribution in [0, 0.1) is 5.82 Å². The lowest BCUT2D eigenvalue weighted by molar-refractivity contribution is 0.177. The highest BCUT2D eigenvalue weighted by Gasteiger charge is 2.10. The lowest BCUT2D eigenvalue weighted by Crippen LogP contribution is -2.16. The molecule has 90 valence electrons. The van der Waals surface area contributed by atoms with Gasteiger partial charge < -0.3 is 15.0 Å². The van der Waals surface area contributed by atoms with Gasteiger partial charge in [-0.1, -0.05) is 6.07 Å². The molecule has 0 aliphatic rings. The number of aliphatic hydroxyl groups is 1. The minimum atomic E-state index is -0.702. The molecule has 1 unspecified atom stereocenters. The molecule has 2 aromatic rings. The fraction of sp³-hybridized carbons (Fsp3) is 0.250. The first kappa shape index (κ1) is 11.8. The van der Waals surface area contributed by atoms with Gasteiger partial charge in [-0.15, -0.1) is 0 Å². The number of nitrogens with one attached hydrogen (secondary N) is 1. The summed E-state index contributed by atoms with van der Waals surface area (Å²) in [5.74, 6) is -0.379. The smallest absolute Gasteiger partial charge is 0.147 e. The Bertz CT molecular complexity index is 485. The summed E-state index contributed by atoms with van der Waals surface area (Å²) < 4.78 is 15.4. The number of hydrogen-bond acceptors (Lipinski definition) is 3. The molecular weight excluding hydrogens is 221 g/mol. The number of benzene rings is 1. The quantitative estimate of drug-likeness (QED) is 0.839. The highest BCUT2D eigenvalue weighted by Crippen LogP contribution is 2.19. The summed E-state index contributed by atoms with van der Waals surface area (Å²) in [6, 6.07) is 4.68. The molecule has 17 heavy (non-hydrogen) atoms. The molecule has 5 heteroatoms. The summed E-state index contributed by atoms with van der Waals surface area (Å²) in [6.45, 7) is 0.393. The zero-order valence-electron chi connectivity index (χ0n) is 9.47. The molecule has 0 amide bonds. The Labute approximate surface area is 98.7 Å². The number of rotatable bonds is 4. The van der Waals surface area contributed by atoms with Gasteiger partial charge in [-0.2, -0.15) is 0 Å². The van der Waals surface area contributed by atoms with Crippen LogP contribution in [-0.4, -0.2) is 28.3 Å². The number of imidazole rings is 1. The Morgan fingerprint density at radius 1 is 1.53 bits per heavy atom. The molecular formula is C12H14FN3O. The zero-order chi connectivity index (χ0) is 12.3. The van der Waals surface area contributed by atoms with Gasteiger partial charge in [0.25, 0.3) is 0 Å². The van der Waals surface area contributed by atoms with Gasteiger partial charge in [-0.3, -0.25) is 0 Å². The number of likely N-dealkylation sites (N-methyl/N-ethyl adjacent to an activating group) is 1. The number of nitrogens with zero attached hydrogens (tertiary/aromatic N) is 2. The van der Waals surface area contributed by atoms with E-state index < -0.39 is 6.10 Å². The Kier molecular flexibility index (Phi) is 3.51. The van der Waals surface area contributed by atoms with Crippen molar-refractivity contribution in [1.82, 2.24) is 14.9 Å². The minimum absolute atomic E-state index is 0.379. The van der Waals surface area contributed by atoms with Crippen LogP contribution >= 0.6 is 0 Å². The molecule has 0 aliphatic heterocycles. The van der Waals surface area contributed by atoms with Gasteiger partial charge >= 0.3 is 0 Å². The summed E-state index contributed by atoms with van der Waals surface area (Å²) >= 11 is 0. The normalized spacial score (nSPS) is 12.6. The number of aliphatic hydroxyl groups excluding tert-OH is 1. The number of halogens is 1. The van der Waals surface area contributed by atoms with E-state index in [9.17, 15) is 9.50 Å². The summed E-state index contributed by atoms with van der Waals surface area (Å²) in [5.41, 5.74) is 0.976. The zero-order valence-corrected chi connectivity index (χ0v) is 9.47. The van der Waals surface area contributed by atoms with Crippen molar-refractivity contribution >= 4 is 0 Å². The minimum Gasteiger partial charge on any atom is -0.387 e. The molecule has 0 saturated heterocycles. The van der Waals surface area contributed by atoms with Crippen LogP contribution in [0.3, 0.4) is 0 Å². The average molecular weight is 235 g/mol. The van der Waals surface area contributed by atoms with Gasteiger partial charge in [-0.05, 0) is 24.7 Å². The Balaban J connectivity index is 2.29. The van der Waals surface area contributed by atoms with Crippen molar-refractivity contribution in [1.29, 1.82) is 0 Å². The van der Waals surface area contributed by atoms with Crippen molar-refractivity contribution < 1.29 is 9.50 Å². The van der Waals surface area contributed by atoms with E-state index in [1.54, 1.807) is 36.1 Å². The van der Waals surface area contributed by atoms with Crippen LogP contribution in [0.4, 0.5) is 4.39 Å². The van der Waals surface area contributed by atoms with E-state index in [-0.39, 0.29) is 5.82 Å². The second-order valence-corrected chi connectivity index (χ2v) is 3.75. The highest BCUT2D eigenvalue weighted by atomic mass is 19.1. The third-order valence-electron chi connectivity index (χ3n) is 2.54. The SMILES string of the molecule is CNCC(O)c1ccc(-n2ccnc2)c(F)c1. The standard InChI is InChI=1S/C12H14FN3O/c1-14-7-12(17)9-2-3-11(10(13)6-9)16-5-4-15-8-16/h2-6,8,12,14,17H,7H2,1H3. The summed E-state index contributed by atoms with van der Waals surface area (Å²) in [5, 5.41) is 12.6. The molecule has 1 aromatic heterocycles. The van der Waals surface area contributed by atoms with E-state index in [1.165, 1.54) is 12.4 Å². The summed E-state index contributed by atoms with van der Waals surface area (Å²) in [6.07, 6.45) is 4.08. The first-order valence-electron chi connectivity index (χ1n) is 5.33. The molecule has 0 radical (unpaired) electrons. The van der Waals surface area contributed by atoms with E-state index in [4.69, 9.17) is 0 Å². The maximum atomic E-state index is 13.8. The van der Waals surface area contributed by atoms with Crippen molar-refractivity contribution in [2.24, 2.45) is 0 Å². The van der Waals surface area contributed by atoms with Crippen LogP contribution < -0.4 is 5.32 Å². The lowest BCUT2D eigenvalue weighted by Gasteiger charge is -2.12. The van der Waals surface area contributed by atoms with E-state index in [1.807, 2.05) is 0 Å². The second kappa shape index (κ2) is 5.07. The van der Waals surface area contributed by atoms with Crippen LogP contribution in [0.15, 0.2) is 36.9 Å². The predicted octanol–water partition coefficient (Wildman–Crippen LogP) is 1.26. The van der Waals surface area contributed by atoms with Gasteiger partial charge in [0.05, 0.1) is 18.1 Å². The third-order valence-corrected chi connectivity index (χ3v) is 2.54. The maximum Gasteiger partial charge on any atom is 0.147 e. The van der Waals surface area contributed by atoms with Crippen LogP contribution in [0.25, 0.3) is 5.69 Å². The van der Waals surface area contributed by atoms with E-state index >= 15 is 0 Å². The topological polar surface area (TPSA) is 50.1 Å². The van der Waals surface area contributed by atoms with Gasteiger partial charge in [0, 0.05) is 18.9 Å². The fourth-order valence-electron chi connectivity index (χ4n) is 1.65. The van der Waals surface area contributed by atoms with Crippen LogP contribution in [0.5, 0.6) is 0 Å².